The fourth-order valence-corrected chi connectivity index (χ4v) is 3.74. The third-order valence-corrected chi connectivity index (χ3v) is 4.98. The number of benzene rings is 1. The van der Waals surface area contributed by atoms with Crippen molar-refractivity contribution < 1.29 is 37.7 Å². The molecule has 10 heteroatoms. The van der Waals surface area contributed by atoms with Crippen molar-refractivity contribution in [2.75, 3.05) is 12.4 Å². The maximum absolute atomic E-state index is 12.1. The summed E-state index contributed by atoms with van der Waals surface area (Å²) in [5.41, 5.74) is -1.21. The highest BCUT2D eigenvalue weighted by Gasteiger charge is 2.58. The molecule has 10 nitrogen and oxygen atoms in total. The molecule has 0 aliphatic carbocycles. The third kappa shape index (κ3) is 3.59. The van der Waals surface area contributed by atoms with Crippen LogP contribution in [0, 0.1) is 0 Å². The van der Waals surface area contributed by atoms with Gasteiger partial charge in [-0.05, 0) is 32.0 Å². The van der Waals surface area contributed by atoms with Gasteiger partial charge in [0.2, 0.25) is 18.3 Å². The third-order valence-electron chi connectivity index (χ3n) is 4.98. The molecular formula is C20H21NO9. The molecule has 1 unspecified atom stereocenters. The number of ether oxygens (including phenoxy) is 5. The fraction of sp³-hybridized carbons (Fsp3) is 0.450. The Morgan fingerprint density at radius 2 is 1.87 bits per heavy atom. The van der Waals surface area contributed by atoms with Gasteiger partial charge in [-0.1, -0.05) is 0 Å². The largest absolute Gasteiger partial charge is 0.509 e. The minimum Gasteiger partial charge on any atom is -0.461 e. The van der Waals surface area contributed by atoms with Crippen molar-refractivity contribution in [2.24, 2.45) is 0 Å². The van der Waals surface area contributed by atoms with Gasteiger partial charge >= 0.3 is 11.8 Å². The summed E-state index contributed by atoms with van der Waals surface area (Å²) in [7, 11) is 1.50. The number of carbonyl (C=O) groups excluding carboxylic acids is 2. The number of rotatable bonds is 4. The minimum absolute atomic E-state index is 0.0458. The van der Waals surface area contributed by atoms with Crippen LogP contribution in [0.2, 0.25) is 0 Å². The first-order chi connectivity index (χ1) is 14.2. The van der Waals surface area contributed by atoms with Gasteiger partial charge in [-0.15, -0.1) is 0 Å². The van der Waals surface area contributed by atoms with E-state index in [1.54, 1.807) is 26.0 Å². The van der Waals surface area contributed by atoms with E-state index >= 15 is 0 Å². The molecule has 0 spiro atoms. The van der Waals surface area contributed by atoms with E-state index in [1.807, 2.05) is 0 Å². The van der Waals surface area contributed by atoms with E-state index in [2.05, 4.69) is 5.32 Å². The smallest absolute Gasteiger partial charge is 0.461 e. The zero-order valence-corrected chi connectivity index (χ0v) is 16.8. The number of amides is 1. The Kier molecular flexibility index (Phi) is 4.91. The van der Waals surface area contributed by atoms with Crippen LogP contribution in [0.1, 0.15) is 20.8 Å². The number of fused-ring (bicyclic) bond motifs is 2. The van der Waals surface area contributed by atoms with Crippen molar-refractivity contribution in [1.29, 1.82) is 0 Å². The van der Waals surface area contributed by atoms with Crippen LogP contribution < -0.4 is 15.7 Å². The van der Waals surface area contributed by atoms with Crippen LogP contribution in [0.3, 0.4) is 0 Å². The summed E-state index contributed by atoms with van der Waals surface area (Å²) >= 11 is 0. The number of anilines is 1. The molecule has 1 amide bonds. The van der Waals surface area contributed by atoms with Crippen LogP contribution in [-0.2, 0) is 23.7 Å². The number of hydrogen-bond donors (Lipinski definition) is 1. The molecule has 2 saturated heterocycles. The summed E-state index contributed by atoms with van der Waals surface area (Å²) in [6.07, 6.45) is -3.87. The highest BCUT2D eigenvalue weighted by molar-refractivity contribution is 5.91. The fourth-order valence-electron chi connectivity index (χ4n) is 3.74. The molecule has 2 aliphatic heterocycles. The van der Waals surface area contributed by atoms with E-state index in [1.165, 1.54) is 26.2 Å². The molecule has 1 aromatic heterocycles. The van der Waals surface area contributed by atoms with Gasteiger partial charge in [0.25, 0.3) is 0 Å². The van der Waals surface area contributed by atoms with Crippen LogP contribution >= 0.6 is 0 Å². The summed E-state index contributed by atoms with van der Waals surface area (Å²) in [6.45, 7) is 4.89. The lowest BCUT2D eigenvalue weighted by Gasteiger charge is -2.45. The van der Waals surface area contributed by atoms with E-state index < -0.39 is 42.0 Å². The molecule has 30 heavy (non-hydrogen) atoms. The Balaban J connectivity index is 1.62. The van der Waals surface area contributed by atoms with E-state index in [0.29, 0.717) is 11.1 Å². The lowest BCUT2D eigenvalue weighted by atomic mass is 9.89. The molecule has 0 radical (unpaired) electrons. The molecule has 2 aromatic rings. The summed E-state index contributed by atoms with van der Waals surface area (Å²) in [4.78, 5) is 35.0. The van der Waals surface area contributed by atoms with Gasteiger partial charge in [0.1, 0.15) is 23.1 Å². The van der Waals surface area contributed by atoms with Crippen molar-refractivity contribution in [2.45, 2.75) is 51.0 Å². The molecule has 4 atom stereocenters. The van der Waals surface area contributed by atoms with E-state index in [-0.39, 0.29) is 17.2 Å². The lowest BCUT2D eigenvalue weighted by Crippen LogP contribution is -2.62. The Bertz CT molecular complexity index is 1060. The van der Waals surface area contributed by atoms with Crippen LogP contribution in [0.4, 0.5) is 10.5 Å². The Labute approximate surface area is 171 Å². The molecule has 0 bridgehead atoms. The van der Waals surface area contributed by atoms with Gasteiger partial charge in [0, 0.05) is 25.5 Å². The minimum atomic E-state index is -0.967. The lowest BCUT2D eigenvalue weighted by molar-refractivity contribution is -0.282. The van der Waals surface area contributed by atoms with Crippen molar-refractivity contribution in [3.8, 4) is 5.75 Å². The van der Waals surface area contributed by atoms with Gasteiger partial charge in [-0.2, -0.15) is 0 Å². The molecule has 1 N–H and O–H groups in total. The molecular weight excluding hydrogens is 398 g/mol. The summed E-state index contributed by atoms with van der Waals surface area (Å²) in [5.74, 6) is -0.0489. The number of nitrogens with one attached hydrogen (secondary N) is 1. The van der Waals surface area contributed by atoms with Gasteiger partial charge in [-0.3, -0.25) is 4.79 Å². The second-order valence-corrected chi connectivity index (χ2v) is 7.61. The normalized spacial score (nSPS) is 27.1. The van der Waals surface area contributed by atoms with Gasteiger partial charge in [0.05, 0.1) is 5.60 Å². The Morgan fingerprint density at radius 1 is 1.13 bits per heavy atom. The predicted octanol–water partition coefficient (Wildman–Crippen LogP) is 2.18. The van der Waals surface area contributed by atoms with Crippen LogP contribution in [0.15, 0.2) is 33.5 Å². The molecule has 2 aliphatic rings. The number of methoxy groups -OCH3 is 1. The molecule has 4 rings (SSSR count). The maximum Gasteiger partial charge on any atom is 0.509 e. The van der Waals surface area contributed by atoms with E-state index in [0.717, 1.165) is 0 Å². The molecule has 2 fully saturated rings. The zero-order valence-electron chi connectivity index (χ0n) is 16.8. The standard InChI is InChI=1S/C20H21NO9/c1-9(22)21-12-7-10-5-6-11(8-13(10)27-17(12)23)26-18-15-14(28-19(24)29-15)16(25-4)20(2,3)30-18/h5-8,14-16,18H,1-4H3,(H,21,22)/t14-,15?,16-,18-/m1/s1. The second-order valence-electron chi connectivity index (χ2n) is 7.61. The predicted molar refractivity (Wildman–Crippen MR) is 102 cm³/mol. The van der Waals surface area contributed by atoms with Crippen molar-refractivity contribution in [1.82, 2.24) is 0 Å². The molecule has 1 aromatic carbocycles. The average Bonchev–Trinajstić information content (AvgIpc) is 3.03. The van der Waals surface area contributed by atoms with Crippen molar-refractivity contribution in [3.63, 3.8) is 0 Å². The van der Waals surface area contributed by atoms with Crippen molar-refractivity contribution in [3.05, 3.63) is 34.7 Å². The Morgan fingerprint density at radius 3 is 2.57 bits per heavy atom. The van der Waals surface area contributed by atoms with Crippen LogP contribution in [0.5, 0.6) is 5.75 Å². The molecule has 160 valence electrons. The first-order valence-electron chi connectivity index (χ1n) is 9.28. The topological polar surface area (TPSA) is 123 Å². The van der Waals surface area contributed by atoms with Gasteiger partial charge < -0.3 is 33.4 Å². The number of hydrogen-bond acceptors (Lipinski definition) is 9. The monoisotopic (exact) mass is 419 g/mol. The maximum atomic E-state index is 12.1. The molecule has 3 heterocycles. The van der Waals surface area contributed by atoms with Gasteiger partial charge in [-0.25, -0.2) is 9.59 Å². The van der Waals surface area contributed by atoms with Gasteiger partial charge in [0.15, 0.2) is 6.10 Å². The first kappa shape index (κ1) is 20.2. The summed E-state index contributed by atoms with van der Waals surface area (Å²) in [5, 5.41) is 3.01. The van der Waals surface area contributed by atoms with E-state index in [9.17, 15) is 14.4 Å². The average molecular weight is 419 g/mol. The van der Waals surface area contributed by atoms with Crippen LogP contribution in [0.25, 0.3) is 11.0 Å². The van der Waals surface area contributed by atoms with Crippen LogP contribution in [-0.4, -0.2) is 49.4 Å². The quantitative estimate of drug-likeness (QED) is 0.587. The zero-order chi connectivity index (χ0) is 21.6. The second kappa shape index (κ2) is 7.29. The Hall–Kier alpha value is -3.11. The van der Waals surface area contributed by atoms with Crippen molar-refractivity contribution >= 4 is 28.7 Å². The highest BCUT2D eigenvalue weighted by Crippen LogP contribution is 2.38. The van der Waals surface area contributed by atoms with E-state index in [4.69, 9.17) is 28.1 Å². The summed E-state index contributed by atoms with van der Waals surface area (Å²) < 4.78 is 33.2. The SMILES string of the molecule is CO[C@@H]1[C@@H]2OC(=O)OC2[C@H](Oc2ccc3cc(NC(C)=O)c(=O)oc3c2)OC1(C)C. The summed E-state index contributed by atoms with van der Waals surface area (Å²) in [6, 6.07) is 6.34. The molecule has 0 saturated carbocycles. The first-order valence-corrected chi connectivity index (χ1v) is 9.28. The highest BCUT2D eigenvalue weighted by atomic mass is 16.8. The number of carbonyl (C=O) groups is 2.